The van der Waals surface area contributed by atoms with Crippen molar-refractivity contribution in [2.24, 2.45) is 0 Å². The van der Waals surface area contributed by atoms with Crippen LogP contribution < -0.4 is 10.6 Å². The summed E-state index contributed by atoms with van der Waals surface area (Å²) in [5.74, 6) is -0.160. The lowest BCUT2D eigenvalue weighted by atomic mass is 10.1. The average molecular weight is 428 g/mol. The van der Waals surface area contributed by atoms with Crippen LogP contribution in [0.5, 0.6) is 0 Å². The second-order valence-electron chi connectivity index (χ2n) is 6.01. The summed E-state index contributed by atoms with van der Waals surface area (Å²) in [6.45, 7) is 1.84. The first-order valence-corrected chi connectivity index (χ1v) is 10.00. The van der Waals surface area contributed by atoms with Crippen LogP contribution >= 0.6 is 35.2 Å². The topological polar surface area (TPSA) is 67.2 Å². The van der Waals surface area contributed by atoms with E-state index in [4.69, 9.17) is 28.2 Å². The van der Waals surface area contributed by atoms with E-state index >= 15 is 0 Å². The number of nitrogens with one attached hydrogen (secondary N) is 2. The maximum Gasteiger partial charge on any atom is 0.293 e. The number of aryl methyl sites for hydroxylation is 1. The number of carbonyl (C=O) groups is 1. The number of fused-ring (bicyclic) bond motifs is 1. The Morgan fingerprint density at radius 2 is 1.93 bits per heavy atom. The van der Waals surface area contributed by atoms with Crippen LogP contribution in [0.15, 0.2) is 58.3 Å². The molecule has 0 radical (unpaired) electrons. The molecule has 4 rings (SSSR count). The maximum absolute atomic E-state index is 12.5. The Morgan fingerprint density at radius 1 is 1.18 bits per heavy atom. The standard InChI is InChI=1S/C20H14ClN3O2S2/c1-11-14-4-2-3-5-16(14)26-17(11)18(25)23-19(27)24-20-22-15(10-28-20)12-6-8-13(21)9-7-12/h2-10H,1H3,(H2,22,23,24,25,27). The number of halogens is 1. The van der Waals surface area contributed by atoms with Crippen LogP contribution in [0.2, 0.25) is 5.02 Å². The van der Waals surface area contributed by atoms with Gasteiger partial charge in [-0.25, -0.2) is 4.98 Å². The number of thiocarbonyl (C=S) groups is 1. The van der Waals surface area contributed by atoms with Crippen molar-refractivity contribution in [1.29, 1.82) is 0 Å². The number of amides is 1. The minimum Gasteiger partial charge on any atom is -0.451 e. The van der Waals surface area contributed by atoms with Crippen LogP contribution in [-0.2, 0) is 0 Å². The molecule has 28 heavy (non-hydrogen) atoms. The number of aromatic nitrogens is 1. The van der Waals surface area contributed by atoms with Gasteiger partial charge in [0.2, 0.25) is 0 Å². The second kappa shape index (κ2) is 7.71. The van der Waals surface area contributed by atoms with Gasteiger partial charge in [0.15, 0.2) is 16.0 Å². The highest BCUT2D eigenvalue weighted by atomic mass is 35.5. The first-order chi connectivity index (χ1) is 13.5. The quantitative estimate of drug-likeness (QED) is 0.414. The Balaban J connectivity index is 1.45. The number of furan rings is 1. The van der Waals surface area contributed by atoms with Crippen LogP contribution in [0.3, 0.4) is 0 Å². The number of thiazole rings is 1. The van der Waals surface area contributed by atoms with Crippen LogP contribution in [0.1, 0.15) is 16.1 Å². The molecule has 0 saturated heterocycles. The lowest BCUT2D eigenvalue weighted by Crippen LogP contribution is -2.34. The van der Waals surface area contributed by atoms with Gasteiger partial charge in [-0.15, -0.1) is 11.3 Å². The fourth-order valence-corrected chi connectivity index (χ4v) is 3.87. The molecule has 4 aromatic rings. The number of rotatable bonds is 3. The zero-order valence-corrected chi connectivity index (χ0v) is 17.0. The number of para-hydroxylation sites is 1. The fraction of sp³-hybridized carbons (Fsp3) is 0.0500. The summed E-state index contributed by atoms with van der Waals surface area (Å²) < 4.78 is 5.66. The van der Waals surface area contributed by atoms with Gasteiger partial charge in [0.05, 0.1) is 5.69 Å². The summed E-state index contributed by atoms with van der Waals surface area (Å²) >= 11 is 12.5. The Morgan fingerprint density at radius 3 is 2.68 bits per heavy atom. The lowest BCUT2D eigenvalue weighted by molar-refractivity contribution is 0.0952. The number of hydrogen-bond acceptors (Lipinski definition) is 5. The zero-order valence-electron chi connectivity index (χ0n) is 14.7. The maximum atomic E-state index is 12.5. The van der Waals surface area contributed by atoms with Gasteiger partial charge in [-0.1, -0.05) is 41.9 Å². The zero-order chi connectivity index (χ0) is 19.7. The Bertz CT molecular complexity index is 1180. The minimum absolute atomic E-state index is 0.155. The van der Waals surface area contributed by atoms with Crippen molar-refractivity contribution in [3.63, 3.8) is 0 Å². The van der Waals surface area contributed by atoms with E-state index in [1.165, 1.54) is 11.3 Å². The molecule has 2 aromatic carbocycles. The number of anilines is 1. The molecule has 140 valence electrons. The van der Waals surface area contributed by atoms with Crippen molar-refractivity contribution < 1.29 is 9.21 Å². The summed E-state index contributed by atoms with van der Waals surface area (Å²) in [6.07, 6.45) is 0. The van der Waals surface area contributed by atoms with Crippen LogP contribution in [0, 0.1) is 6.92 Å². The highest BCUT2D eigenvalue weighted by molar-refractivity contribution is 7.80. The summed E-state index contributed by atoms with van der Waals surface area (Å²) in [5, 5.41) is 9.78. The van der Waals surface area contributed by atoms with Crippen molar-refractivity contribution in [3.8, 4) is 11.3 Å². The molecule has 2 heterocycles. The minimum atomic E-state index is -0.402. The molecule has 0 bridgehead atoms. The Labute approximate surface area is 175 Å². The third-order valence-corrected chi connectivity index (χ3v) is 5.36. The van der Waals surface area contributed by atoms with Crippen molar-refractivity contribution in [2.75, 3.05) is 5.32 Å². The molecule has 0 unspecified atom stereocenters. The van der Waals surface area contributed by atoms with Gasteiger partial charge in [-0.05, 0) is 37.3 Å². The Hall–Kier alpha value is -2.74. The molecule has 0 fully saturated rings. The number of hydrogen-bond donors (Lipinski definition) is 2. The van der Waals surface area contributed by atoms with E-state index in [0.29, 0.717) is 15.7 Å². The van der Waals surface area contributed by atoms with E-state index in [0.717, 1.165) is 22.2 Å². The van der Waals surface area contributed by atoms with Crippen molar-refractivity contribution in [2.45, 2.75) is 6.92 Å². The molecule has 5 nitrogen and oxygen atoms in total. The molecule has 2 N–H and O–H groups in total. The summed E-state index contributed by atoms with van der Waals surface area (Å²) in [7, 11) is 0. The van der Waals surface area contributed by atoms with E-state index < -0.39 is 5.91 Å². The predicted molar refractivity (Wildman–Crippen MR) is 117 cm³/mol. The van der Waals surface area contributed by atoms with Gasteiger partial charge in [0.25, 0.3) is 5.91 Å². The number of benzene rings is 2. The van der Waals surface area contributed by atoms with Gasteiger partial charge in [0.1, 0.15) is 5.58 Å². The normalized spacial score (nSPS) is 10.8. The molecule has 0 atom stereocenters. The molecule has 1 amide bonds. The second-order valence-corrected chi connectivity index (χ2v) is 7.71. The molecule has 0 aliphatic carbocycles. The first kappa shape index (κ1) is 18.6. The largest absolute Gasteiger partial charge is 0.451 e. The van der Waals surface area contributed by atoms with Crippen LogP contribution in [-0.4, -0.2) is 16.0 Å². The van der Waals surface area contributed by atoms with E-state index in [1.54, 1.807) is 0 Å². The monoisotopic (exact) mass is 427 g/mol. The third-order valence-electron chi connectivity index (χ3n) is 4.14. The summed E-state index contributed by atoms with van der Waals surface area (Å²) in [5.41, 5.74) is 3.18. The molecule has 0 spiro atoms. The summed E-state index contributed by atoms with van der Waals surface area (Å²) in [4.78, 5) is 17.0. The van der Waals surface area contributed by atoms with Crippen LogP contribution in [0.4, 0.5) is 5.13 Å². The molecule has 0 saturated carbocycles. The van der Waals surface area contributed by atoms with Crippen molar-refractivity contribution in [3.05, 3.63) is 70.3 Å². The van der Waals surface area contributed by atoms with E-state index in [1.807, 2.05) is 60.8 Å². The average Bonchev–Trinajstić information content (AvgIpc) is 3.27. The van der Waals surface area contributed by atoms with Crippen LogP contribution in [0.25, 0.3) is 22.2 Å². The first-order valence-electron chi connectivity index (χ1n) is 8.33. The van der Waals surface area contributed by atoms with E-state index in [-0.39, 0.29) is 10.9 Å². The SMILES string of the molecule is Cc1c(C(=O)NC(=S)Nc2nc(-c3ccc(Cl)cc3)cs2)oc2ccccc12. The molecule has 2 aromatic heterocycles. The lowest BCUT2D eigenvalue weighted by Gasteiger charge is -2.06. The summed E-state index contributed by atoms with van der Waals surface area (Å²) in [6, 6.07) is 14.9. The Kier molecular flexibility index (Phi) is 5.13. The van der Waals surface area contributed by atoms with E-state index in [2.05, 4.69) is 15.6 Å². The molecule has 0 aliphatic heterocycles. The predicted octanol–water partition coefficient (Wildman–Crippen LogP) is 5.64. The van der Waals surface area contributed by atoms with Gasteiger partial charge in [-0.3, -0.25) is 10.1 Å². The smallest absolute Gasteiger partial charge is 0.293 e. The van der Waals surface area contributed by atoms with Gasteiger partial charge >= 0.3 is 0 Å². The van der Waals surface area contributed by atoms with Crippen molar-refractivity contribution >= 4 is 62.3 Å². The highest BCUT2D eigenvalue weighted by Gasteiger charge is 2.18. The van der Waals surface area contributed by atoms with E-state index in [9.17, 15) is 4.79 Å². The molecule has 8 heteroatoms. The number of carbonyl (C=O) groups excluding carboxylic acids is 1. The molecule has 0 aliphatic rings. The fourth-order valence-electron chi connectivity index (χ4n) is 2.76. The number of nitrogens with zero attached hydrogens (tertiary/aromatic N) is 1. The molecular formula is C20H14ClN3O2S2. The third kappa shape index (κ3) is 3.77. The highest BCUT2D eigenvalue weighted by Crippen LogP contribution is 2.27. The van der Waals surface area contributed by atoms with Gasteiger partial charge < -0.3 is 9.73 Å². The van der Waals surface area contributed by atoms with Gasteiger partial charge in [-0.2, -0.15) is 0 Å². The molecular weight excluding hydrogens is 414 g/mol. The van der Waals surface area contributed by atoms with Gasteiger partial charge in [0, 0.05) is 26.9 Å². The van der Waals surface area contributed by atoms with Crippen molar-refractivity contribution in [1.82, 2.24) is 10.3 Å².